The van der Waals surface area contributed by atoms with Crippen LogP contribution in [0.25, 0.3) is 10.8 Å². The highest BCUT2D eigenvalue weighted by molar-refractivity contribution is 8.00. The van der Waals surface area contributed by atoms with Crippen molar-refractivity contribution in [3.8, 4) is 0 Å². The molecule has 0 saturated carbocycles. The first-order valence-corrected chi connectivity index (χ1v) is 33.2. The number of para-hydroxylation sites is 1. The van der Waals surface area contributed by atoms with E-state index in [2.05, 4.69) is 304 Å². The summed E-state index contributed by atoms with van der Waals surface area (Å²) in [6.45, 7) is 10.9. The van der Waals surface area contributed by atoms with Gasteiger partial charge in [-0.2, -0.15) is 0 Å². The van der Waals surface area contributed by atoms with Crippen molar-refractivity contribution in [1.82, 2.24) is 0 Å². The maximum Gasteiger partial charge on any atom is 0.180 e. The maximum atomic E-state index is 2.57. The molecule has 0 aliphatic carbocycles. The highest BCUT2D eigenvalue weighted by Crippen LogP contribution is 2.39. The van der Waals surface area contributed by atoms with E-state index < -0.39 is 16.1 Å². The molecule has 78 heavy (non-hydrogen) atoms. The van der Waals surface area contributed by atoms with Gasteiger partial charge in [0.05, 0.1) is 11.8 Å². The van der Waals surface area contributed by atoms with Crippen molar-refractivity contribution in [3.05, 3.63) is 300 Å². The zero-order valence-corrected chi connectivity index (χ0v) is 48.6. The number of benzene rings is 11. The molecule has 2 aliphatic heterocycles. The molecule has 2 nitrogen and oxygen atoms in total. The largest absolute Gasteiger partial charge is 0.357 e. The summed E-state index contributed by atoms with van der Waals surface area (Å²) in [5, 5.41) is 14.2. The number of rotatable bonds is 10. The molecule has 0 aromatic heterocycles. The van der Waals surface area contributed by atoms with Crippen LogP contribution in [0.15, 0.2) is 277 Å². The third-order valence-corrected chi connectivity index (χ3v) is 28.4. The molecule has 0 N–H and O–H groups in total. The SMILES string of the molecule is Cc1cc2c(c([Si](c3ccccc3)(c3ccccc3)c3ccccc3)c1)SCN(c1c(C)cccc1C)C2.Cc1cc2c(c([Si](c3ccccc3)(c3ccccc3)c3ccccc3)c1)SCN(c1cccc3ccccc13)C2. The minimum absolute atomic E-state index is 0.911. The summed E-state index contributed by atoms with van der Waals surface area (Å²) in [5.74, 6) is 1.89. The van der Waals surface area contributed by atoms with Crippen LogP contribution in [0.4, 0.5) is 11.4 Å². The lowest BCUT2D eigenvalue weighted by molar-refractivity contribution is 0.858. The quantitative estimate of drug-likeness (QED) is 0.0994. The number of hydrogen-bond acceptors (Lipinski definition) is 4. The number of hydrogen-bond donors (Lipinski definition) is 0. The third kappa shape index (κ3) is 9.45. The monoisotopic (exact) mass is 1080 g/mol. The molecule has 6 heteroatoms. The number of anilines is 2. The minimum atomic E-state index is -2.59. The second kappa shape index (κ2) is 22.4. The number of fused-ring (bicyclic) bond motifs is 3. The molecule has 0 fully saturated rings. The molecule has 0 unspecified atom stereocenters. The van der Waals surface area contributed by atoms with E-state index in [1.807, 2.05) is 23.5 Å². The first-order valence-electron chi connectivity index (χ1n) is 27.2. The Morgan fingerprint density at radius 1 is 0.333 bits per heavy atom. The van der Waals surface area contributed by atoms with Gasteiger partial charge in [0.25, 0.3) is 0 Å². The van der Waals surface area contributed by atoms with Crippen molar-refractivity contribution in [2.75, 3.05) is 21.6 Å². The Kier molecular flexibility index (Phi) is 14.7. The smallest absolute Gasteiger partial charge is 0.180 e. The van der Waals surface area contributed by atoms with Crippen LogP contribution in [0.3, 0.4) is 0 Å². The van der Waals surface area contributed by atoms with Crippen LogP contribution in [0.1, 0.15) is 33.4 Å². The molecular weight excluding hydrogens is 1010 g/mol. The Balaban J connectivity index is 0.000000156. The van der Waals surface area contributed by atoms with Crippen LogP contribution in [0.5, 0.6) is 0 Å². The molecule has 0 saturated heterocycles. The first kappa shape index (κ1) is 51.2. The van der Waals surface area contributed by atoms with Crippen LogP contribution < -0.4 is 51.3 Å². The highest BCUT2D eigenvalue weighted by Gasteiger charge is 2.46. The molecule has 11 aromatic rings. The van der Waals surface area contributed by atoms with E-state index in [4.69, 9.17) is 0 Å². The van der Waals surface area contributed by atoms with E-state index in [1.54, 1.807) is 0 Å². The molecule has 13 rings (SSSR count). The van der Waals surface area contributed by atoms with Crippen molar-refractivity contribution in [1.29, 1.82) is 0 Å². The predicted molar refractivity (Wildman–Crippen MR) is 343 cm³/mol. The highest BCUT2D eigenvalue weighted by atomic mass is 32.2. The topological polar surface area (TPSA) is 6.48 Å². The summed E-state index contributed by atoms with van der Waals surface area (Å²) in [5.41, 5.74) is 10.9. The summed E-state index contributed by atoms with van der Waals surface area (Å²) in [6.07, 6.45) is 0. The number of thioether (sulfide) groups is 2. The second-order valence-corrected chi connectivity index (χ2v) is 30.4. The van der Waals surface area contributed by atoms with Crippen molar-refractivity contribution in [3.63, 3.8) is 0 Å². The molecule has 0 atom stereocenters. The van der Waals surface area contributed by atoms with Crippen LogP contribution in [-0.4, -0.2) is 27.9 Å². The Morgan fingerprint density at radius 3 is 1.08 bits per heavy atom. The van der Waals surface area contributed by atoms with Crippen LogP contribution in [0.2, 0.25) is 0 Å². The molecule has 2 heterocycles. The summed E-state index contributed by atoms with van der Waals surface area (Å²) < 4.78 is 0. The average Bonchev–Trinajstić information content (AvgIpc) is 3.69. The zero-order chi connectivity index (χ0) is 53.1. The molecule has 0 radical (unpaired) electrons. The number of aryl methyl sites for hydroxylation is 4. The van der Waals surface area contributed by atoms with Gasteiger partial charge < -0.3 is 9.80 Å². The van der Waals surface area contributed by atoms with E-state index in [1.165, 1.54) is 107 Å². The molecule has 0 bridgehead atoms. The normalized spacial score (nSPS) is 13.3. The van der Waals surface area contributed by atoms with Crippen molar-refractivity contribution in [2.24, 2.45) is 0 Å². The van der Waals surface area contributed by atoms with Crippen molar-refractivity contribution in [2.45, 2.75) is 50.6 Å². The van der Waals surface area contributed by atoms with Gasteiger partial charge in [0.15, 0.2) is 16.1 Å². The zero-order valence-electron chi connectivity index (χ0n) is 44.9. The molecular formula is C72H64N2S2Si2. The Bertz CT molecular complexity index is 3640. The van der Waals surface area contributed by atoms with Gasteiger partial charge in [0.2, 0.25) is 0 Å². The fourth-order valence-corrected chi connectivity index (χ4v) is 26.1. The second-order valence-electron chi connectivity index (χ2n) is 21.0. The van der Waals surface area contributed by atoms with Gasteiger partial charge in [-0.3, -0.25) is 0 Å². The summed E-state index contributed by atoms with van der Waals surface area (Å²) >= 11 is 4.02. The van der Waals surface area contributed by atoms with Crippen molar-refractivity contribution < 1.29 is 0 Å². The Labute approximate surface area is 472 Å². The van der Waals surface area contributed by atoms with Crippen molar-refractivity contribution >= 4 is 103 Å². The van der Waals surface area contributed by atoms with Crippen LogP contribution in [0, 0.1) is 27.7 Å². The standard InChI is InChI=1S/C37H31NSSi.C35H33NSSi/c1-28-24-30-26-38(35-23-13-15-29-14-11-12-22-34(29)35)27-39-37(30)36(25-28)40(31-16-5-2-6-17-31,32-18-7-3-8-19-32)33-20-9-4-10-21-33;1-26-22-29-24-36(34-27(2)14-13-15-28(34)3)25-37-35(29)33(23-26)38(30-16-7-4-8-17-30,31-18-9-5-10-19-31)32-20-11-6-12-21-32/h2-25H,26-27H2,1H3;4-23H,24-25H2,1-3H3. The van der Waals surface area contributed by atoms with E-state index >= 15 is 0 Å². The van der Waals surface area contributed by atoms with Crippen LogP contribution >= 0.6 is 23.5 Å². The van der Waals surface area contributed by atoms with E-state index in [0.717, 1.165) is 24.8 Å². The van der Waals surface area contributed by atoms with Gasteiger partial charge in [0.1, 0.15) is 0 Å². The van der Waals surface area contributed by atoms with E-state index in [0.29, 0.717) is 0 Å². The van der Waals surface area contributed by atoms with Gasteiger partial charge in [-0.05, 0) is 103 Å². The molecule has 0 amide bonds. The van der Waals surface area contributed by atoms with E-state index in [-0.39, 0.29) is 0 Å². The van der Waals surface area contributed by atoms with Gasteiger partial charge in [-0.1, -0.05) is 272 Å². The summed E-state index contributed by atoms with van der Waals surface area (Å²) in [6, 6.07) is 99.6. The predicted octanol–water partition coefficient (Wildman–Crippen LogP) is 12.7. The molecule has 11 aromatic carbocycles. The average molecular weight is 1080 g/mol. The molecule has 2 aliphatic rings. The lowest BCUT2D eigenvalue weighted by Gasteiger charge is -2.39. The lowest BCUT2D eigenvalue weighted by Crippen LogP contribution is -2.75. The van der Waals surface area contributed by atoms with Gasteiger partial charge in [0, 0.05) is 39.6 Å². The third-order valence-electron chi connectivity index (χ3n) is 16.0. The fourth-order valence-electron chi connectivity index (χ4n) is 12.8. The van der Waals surface area contributed by atoms with Crippen LogP contribution in [-0.2, 0) is 13.1 Å². The molecule has 0 spiro atoms. The fraction of sp³-hybridized carbons (Fsp3) is 0.111. The minimum Gasteiger partial charge on any atom is -0.357 e. The maximum absolute atomic E-state index is 2.59. The Morgan fingerprint density at radius 2 is 0.667 bits per heavy atom. The van der Waals surface area contributed by atoms with E-state index in [9.17, 15) is 0 Å². The number of nitrogens with zero attached hydrogens (tertiary/aromatic N) is 2. The van der Waals surface area contributed by atoms with Gasteiger partial charge in [-0.15, -0.1) is 23.5 Å². The Hall–Kier alpha value is -7.59. The van der Waals surface area contributed by atoms with Gasteiger partial charge in [-0.25, -0.2) is 0 Å². The lowest BCUT2D eigenvalue weighted by atomic mass is 10.1. The first-order chi connectivity index (χ1) is 38.3. The van der Waals surface area contributed by atoms with Gasteiger partial charge >= 0.3 is 0 Å². The summed E-state index contributed by atoms with van der Waals surface area (Å²) in [7, 11) is -5.17. The molecule has 382 valence electrons. The summed E-state index contributed by atoms with van der Waals surface area (Å²) in [4.78, 5) is 8.05.